The Kier molecular flexibility index (Phi) is 5.72. The van der Waals surface area contributed by atoms with Crippen LogP contribution in [0, 0.1) is 5.41 Å². The lowest BCUT2D eigenvalue weighted by molar-refractivity contribution is -0.149. The first kappa shape index (κ1) is 13.4. The van der Waals surface area contributed by atoms with Crippen molar-refractivity contribution in [1.82, 2.24) is 0 Å². The highest BCUT2D eigenvalue weighted by molar-refractivity contribution is 5.70. The van der Waals surface area contributed by atoms with Crippen LogP contribution in [0.5, 0.6) is 0 Å². The van der Waals surface area contributed by atoms with Gasteiger partial charge in [0.25, 0.3) is 0 Å². The smallest absolute Gasteiger partial charge is 0.306 e. The number of carbonyl (C=O) groups is 1. The van der Waals surface area contributed by atoms with Crippen LogP contribution in [0.3, 0.4) is 0 Å². The summed E-state index contributed by atoms with van der Waals surface area (Å²) in [6.07, 6.45) is 0.260. The van der Waals surface area contributed by atoms with Gasteiger partial charge >= 0.3 is 5.97 Å². The van der Waals surface area contributed by atoms with E-state index in [1.807, 2.05) is 20.8 Å². The maximum atomic E-state index is 11.2. The fourth-order valence-electron chi connectivity index (χ4n) is 0.809. The van der Waals surface area contributed by atoms with E-state index in [-0.39, 0.29) is 24.6 Å². The van der Waals surface area contributed by atoms with Crippen LogP contribution in [-0.2, 0) is 9.53 Å². The third kappa shape index (κ3) is 5.94. The molecule has 0 aromatic heterocycles. The molecule has 0 saturated carbocycles. The van der Waals surface area contributed by atoms with Gasteiger partial charge in [-0.25, -0.2) is 0 Å². The Morgan fingerprint density at radius 3 is 2.50 bits per heavy atom. The molecule has 0 bridgehead atoms. The van der Waals surface area contributed by atoms with Crippen molar-refractivity contribution < 1.29 is 19.7 Å². The summed E-state index contributed by atoms with van der Waals surface area (Å²) in [6, 6.07) is 0. The van der Waals surface area contributed by atoms with E-state index in [1.54, 1.807) is 0 Å². The third-order valence-corrected chi connectivity index (χ3v) is 2.23. The van der Waals surface area contributed by atoms with Crippen molar-refractivity contribution in [2.24, 2.45) is 5.41 Å². The molecule has 4 nitrogen and oxygen atoms in total. The van der Waals surface area contributed by atoms with Crippen LogP contribution in [0.15, 0.2) is 0 Å². The molecule has 0 aliphatic carbocycles. The molecular weight excluding hydrogens is 184 g/mol. The van der Waals surface area contributed by atoms with Crippen molar-refractivity contribution in [2.75, 3.05) is 13.2 Å². The predicted octanol–water partition coefficient (Wildman–Crippen LogP) is 0.709. The van der Waals surface area contributed by atoms with Crippen LogP contribution in [0.1, 0.15) is 33.6 Å². The quantitative estimate of drug-likeness (QED) is 0.625. The van der Waals surface area contributed by atoms with Gasteiger partial charge in [-0.05, 0) is 5.41 Å². The van der Waals surface area contributed by atoms with Crippen molar-refractivity contribution in [2.45, 2.75) is 39.7 Å². The van der Waals surface area contributed by atoms with Crippen molar-refractivity contribution in [3.8, 4) is 0 Å². The molecule has 0 spiro atoms. The number of carbonyl (C=O) groups excluding carboxylic acids is 1. The van der Waals surface area contributed by atoms with E-state index in [2.05, 4.69) is 0 Å². The van der Waals surface area contributed by atoms with E-state index in [4.69, 9.17) is 14.9 Å². The first-order chi connectivity index (χ1) is 6.41. The fraction of sp³-hybridized carbons (Fsp3) is 0.900. The monoisotopic (exact) mass is 204 g/mol. The SMILES string of the molecule is CCC(C)(C)CC(=O)OCC(O)CO. The molecule has 0 aliphatic rings. The van der Waals surface area contributed by atoms with Gasteiger partial charge in [0.1, 0.15) is 12.7 Å². The van der Waals surface area contributed by atoms with Crippen molar-refractivity contribution in [3.63, 3.8) is 0 Å². The number of hydrogen-bond donors (Lipinski definition) is 2. The Morgan fingerprint density at radius 1 is 1.50 bits per heavy atom. The lowest BCUT2D eigenvalue weighted by atomic mass is 9.87. The number of esters is 1. The topological polar surface area (TPSA) is 66.8 Å². The first-order valence-electron chi connectivity index (χ1n) is 4.86. The lowest BCUT2D eigenvalue weighted by Crippen LogP contribution is -2.24. The summed E-state index contributed by atoms with van der Waals surface area (Å²) < 4.78 is 4.78. The number of rotatable bonds is 6. The van der Waals surface area contributed by atoms with Gasteiger partial charge < -0.3 is 14.9 Å². The molecule has 1 unspecified atom stereocenters. The molecule has 0 rings (SSSR count). The molecule has 0 amide bonds. The number of hydrogen-bond acceptors (Lipinski definition) is 4. The molecule has 0 heterocycles. The standard InChI is InChI=1S/C10H20O4/c1-4-10(2,3)5-9(13)14-7-8(12)6-11/h8,11-12H,4-7H2,1-3H3. The summed E-state index contributed by atoms with van der Waals surface area (Å²) in [5, 5.41) is 17.4. The van der Waals surface area contributed by atoms with Gasteiger partial charge in [-0.3, -0.25) is 4.79 Å². The highest BCUT2D eigenvalue weighted by Gasteiger charge is 2.21. The van der Waals surface area contributed by atoms with E-state index in [9.17, 15) is 4.79 Å². The van der Waals surface area contributed by atoms with Crippen LogP contribution in [0.4, 0.5) is 0 Å². The molecule has 0 fully saturated rings. The minimum absolute atomic E-state index is 0.0682. The molecule has 4 heteroatoms. The highest BCUT2D eigenvalue weighted by atomic mass is 16.5. The van der Waals surface area contributed by atoms with Gasteiger partial charge in [-0.15, -0.1) is 0 Å². The van der Waals surface area contributed by atoms with Crippen LogP contribution in [0.2, 0.25) is 0 Å². The summed E-state index contributed by atoms with van der Waals surface area (Å²) in [5.41, 5.74) is -0.0682. The van der Waals surface area contributed by atoms with Crippen LogP contribution in [-0.4, -0.2) is 35.5 Å². The molecule has 0 aromatic rings. The second-order valence-electron chi connectivity index (χ2n) is 4.21. The minimum atomic E-state index is -0.969. The number of ether oxygens (including phenoxy) is 1. The first-order valence-corrected chi connectivity index (χ1v) is 4.86. The zero-order valence-corrected chi connectivity index (χ0v) is 9.12. The molecule has 14 heavy (non-hydrogen) atoms. The van der Waals surface area contributed by atoms with Crippen molar-refractivity contribution in [3.05, 3.63) is 0 Å². The normalized spacial score (nSPS) is 13.8. The van der Waals surface area contributed by atoms with Crippen molar-refractivity contribution >= 4 is 5.97 Å². The van der Waals surface area contributed by atoms with E-state index in [1.165, 1.54) is 0 Å². The summed E-state index contributed by atoms with van der Waals surface area (Å²) >= 11 is 0. The molecule has 0 radical (unpaired) electrons. The van der Waals surface area contributed by atoms with Gasteiger partial charge in [0.2, 0.25) is 0 Å². The maximum absolute atomic E-state index is 11.2. The largest absolute Gasteiger partial charge is 0.463 e. The predicted molar refractivity (Wildman–Crippen MR) is 52.7 cm³/mol. The second kappa shape index (κ2) is 5.98. The third-order valence-electron chi connectivity index (χ3n) is 2.23. The molecular formula is C10H20O4. The van der Waals surface area contributed by atoms with E-state index >= 15 is 0 Å². The second-order valence-corrected chi connectivity index (χ2v) is 4.21. The van der Waals surface area contributed by atoms with E-state index in [0.717, 1.165) is 6.42 Å². The van der Waals surface area contributed by atoms with Crippen LogP contribution < -0.4 is 0 Å². The van der Waals surface area contributed by atoms with E-state index < -0.39 is 6.10 Å². The summed E-state index contributed by atoms with van der Waals surface area (Å²) in [5.74, 6) is -0.329. The van der Waals surface area contributed by atoms with Gasteiger partial charge in [-0.1, -0.05) is 27.2 Å². The average molecular weight is 204 g/mol. The Hall–Kier alpha value is -0.610. The van der Waals surface area contributed by atoms with Crippen LogP contribution >= 0.6 is 0 Å². The van der Waals surface area contributed by atoms with Gasteiger partial charge in [0.05, 0.1) is 13.0 Å². The molecule has 1 atom stereocenters. The van der Waals surface area contributed by atoms with Gasteiger partial charge in [0, 0.05) is 0 Å². The zero-order valence-electron chi connectivity index (χ0n) is 9.12. The van der Waals surface area contributed by atoms with Crippen LogP contribution in [0.25, 0.3) is 0 Å². The maximum Gasteiger partial charge on any atom is 0.306 e. The Balaban J connectivity index is 3.76. The summed E-state index contributed by atoms with van der Waals surface area (Å²) in [7, 11) is 0. The molecule has 0 aromatic carbocycles. The highest BCUT2D eigenvalue weighted by Crippen LogP contribution is 2.24. The Labute approximate surface area is 84.9 Å². The number of aliphatic hydroxyl groups excluding tert-OH is 2. The van der Waals surface area contributed by atoms with Crippen molar-refractivity contribution in [1.29, 1.82) is 0 Å². The Morgan fingerprint density at radius 2 is 2.07 bits per heavy atom. The van der Waals surface area contributed by atoms with Gasteiger partial charge in [0.15, 0.2) is 0 Å². The summed E-state index contributed by atoms with van der Waals surface area (Å²) in [6.45, 7) is 5.46. The average Bonchev–Trinajstić information content (AvgIpc) is 2.13. The van der Waals surface area contributed by atoms with Gasteiger partial charge in [-0.2, -0.15) is 0 Å². The fourth-order valence-corrected chi connectivity index (χ4v) is 0.809. The molecule has 2 N–H and O–H groups in total. The summed E-state index contributed by atoms with van der Waals surface area (Å²) in [4.78, 5) is 11.2. The molecule has 84 valence electrons. The minimum Gasteiger partial charge on any atom is -0.463 e. The number of aliphatic hydroxyl groups is 2. The molecule has 0 aliphatic heterocycles. The molecule has 0 saturated heterocycles. The van der Waals surface area contributed by atoms with E-state index in [0.29, 0.717) is 6.42 Å². The zero-order chi connectivity index (χ0) is 11.2. The lowest BCUT2D eigenvalue weighted by Gasteiger charge is -2.21. The Bertz CT molecular complexity index is 177.